The first-order chi connectivity index (χ1) is 9.63. The predicted octanol–water partition coefficient (Wildman–Crippen LogP) is 1.87. The Morgan fingerprint density at radius 1 is 1.38 bits per heavy atom. The molecule has 1 aliphatic heterocycles. The number of carboxylic acid groups (broad SMARTS) is 1. The van der Waals surface area contributed by atoms with E-state index >= 15 is 0 Å². The standard InChI is InChI=1S/C10H11F3N2O4S2/c11-10(12,13)21(18,19)15-3-1-6(2-4-15)8-14-7(5-20-8)9(16)17/h5-6H,1-4H2,(H,16,17). The van der Waals surface area contributed by atoms with Crippen LogP contribution < -0.4 is 0 Å². The van der Waals surface area contributed by atoms with Gasteiger partial charge in [0, 0.05) is 24.4 Å². The molecule has 0 atom stereocenters. The Kier molecular flexibility index (Phi) is 4.26. The van der Waals surface area contributed by atoms with Crippen LogP contribution in [-0.2, 0) is 10.0 Å². The zero-order valence-electron chi connectivity index (χ0n) is 10.5. The third-order valence-corrected chi connectivity index (χ3v) is 5.81. The van der Waals surface area contributed by atoms with E-state index in [1.807, 2.05) is 0 Å². The average Bonchev–Trinajstić information content (AvgIpc) is 2.87. The first kappa shape index (κ1) is 16.2. The van der Waals surface area contributed by atoms with Gasteiger partial charge in [-0.15, -0.1) is 11.3 Å². The molecule has 0 saturated carbocycles. The van der Waals surface area contributed by atoms with Gasteiger partial charge < -0.3 is 5.11 Å². The molecular weight excluding hydrogens is 333 g/mol. The fourth-order valence-electron chi connectivity index (χ4n) is 2.06. The van der Waals surface area contributed by atoms with Gasteiger partial charge in [0.15, 0.2) is 5.69 Å². The molecule has 1 saturated heterocycles. The van der Waals surface area contributed by atoms with Crippen molar-refractivity contribution in [3.8, 4) is 0 Å². The molecule has 0 aromatic carbocycles. The van der Waals surface area contributed by atoms with Crippen LogP contribution in [0.1, 0.15) is 34.3 Å². The molecule has 1 aromatic rings. The highest BCUT2D eigenvalue weighted by Crippen LogP contribution is 2.34. The van der Waals surface area contributed by atoms with Crippen LogP contribution in [0.15, 0.2) is 5.38 Å². The number of aromatic nitrogens is 1. The van der Waals surface area contributed by atoms with Crippen LogP contribution in [-0.4, -0.2) is 47.4 Å². The largest absolute Gasteiger partial charge is 0.511 e. The van der Waals surface area contributed by atoms with Gasteiger partial charge in [-0.3, -0.25) is 0 Å². The minimum absolute atomic E-state index is 0.111. The number of carbonyl (C=O) groups is 1. The molecule has 0 amide bonds. The topological polar surface area (TPSA) is 87.6 Å². The van der Waals surface area contributed by atoms with Gasteiger partial charge in [-0.2, -0.15) is 17.5 Å². The van der Waals surface area contributed by atoms with Gasteiger partial charge in [0.05, 0.1) is 5.01 Å². The summed E-state index contributed by atoms with van der Waals surface area (Å²) in [6, 6.07) is 0. The number of sulfonamides is 1. The summed E-state index contributed by atoms with van der Waals surface area (Å²) in [6.45, 7) is -0.511. The predicted molar refractivity (Wildman–Crippen MR) is 67.6 cm³/mol. The van der Waals surface area contributed by atoms with Gasteiger partial charge in [0.2, 0.25) is 0 Å². The highest BCUT2D eigenvalue weighted by molar-refractivity contribution is 7.90. The Morgan fingerprint density at radius 2 is 1.95 bits per heavy atom. The smallest absolute Gasteiger partial charge is 0.476 e. The maximum Gasteiger partial charge on any atom is 0.511 e. The summed E-state index contributed by atoms with van der Waals surface area (Å²) in [7, 11) is -5.29. The van der Waals surface area contributed by atoms with E-state index in [1.165, 1.54) is 5.38 Å². The monoisotopic (exact) mass is 344 g/mol. The Hall–Kier alpha value is -1.20. The summed E-state index contributed by atoms with van der Waals surface area (Å²) in [5, 5.41) is 10.6. The van der Waals surface area contributed by atoms with E-state index in [4.69, 9.17) is 5.11 Å². The van der Waals surface area contributed by atoms with Crippen molar-refractivity contribution in [3.05, 3.63) is 16.1 Å². The second-order valence-electron chi connectivity index (χ2n) is 4.50. The molecule has 0 radical (unpaired) electrons. The summed E-state index contributed by atoms with van der Waals surface area (Å²) >= 11 is 1.12. The first-order valence-corrected chi connectivity index (χ1v) is 8.20. The van der Waals surface area contributed by atoms with Crippen molar-refractivity contribution in [2.24, 2.45) is 0 Å². The SMILES string of the molecule is O=C(O)c1csc(C2CCN(S(=O)(=O)C(F)(F)F)CC2)n1. The molecule has 0 aliphatic carbocycles. The van der Waals surface area contributed by atoms with Crippen LogP contribution in [0, 0.1) is 0 Å². The number of piperidine rings is 1. The lowest BCUT2D eigenvalue weighted by Gasteiger charge is -2.30. The van der Waals surface area contributed by atoms with Crippen LogP contribution >= 0.6 is 11.3 Å². The fraction of sp³-hybridized carbons (Fsp3) is 0.600. The molecule has 0 bridgehead atoms. The van der Waals surface area contributed by atoms with Gasteiger partial charge >= 0.3 is 21.5 Å². The molecule has 0 spiro atoms. The van der Waals surface area contributed by atoms with Crippen LogP contribution in [0.3, 0.4) is 0 Å². The van der Waals surface area contributed by atoms with E-state index in [9.17, 15) is 26.4 Å². The van der Waals surface area contributed by atoms with Gasteiger partial charge in [0.1, 0.15) is 0 Å². The maximum atomic E-state index is 12.4. The second-order valence-corrected chi connectivity index (χ2v) is 7.32. The van der Waals surface area contributed by atoms with Crippen molar-refractivity contribution < 1.29 is 31.5 Å². The van der Waals surface area contributed by atoms with Crippen molar-refractivity contribution in [1.82, 2.24) is 9.29 Å². The summed E-state index contributed by atoms with van der Waals surface area (Å²) in [5.74, 6) is -1.39. The second kappa shape index (κ2) is 5.54. The molecule has 11 heteroatoms. The Labute approximate surface area is 122 Å². The third-order valence-electron chi connectivity index (χ3n) is 3.18. The molecule has 118 valence electrons. The minimum atomic E-state index is -5.29. The molecule has 2 rings (SSSR count). The lowest BCUT2D eigenvalue weighted by atomic mass is 9.99. The van der Waals surface area contributed by atoms with Crippen molar-refractivity contribution >= 4 is 27.3 Å². The lowest BCUT2D eigenvalue weighted by Crippen LogP contribution is -2.44. The third kappa shape index (κ3) is 3.19. The maximum absolute atomic E-state index is 12.4. The van der Waals surface area contributed by atoms with Crippen molar-refractivity contribution in [1.29, 1.82) is 0 Å². The summed E-state index contributed by atoms with van der Waals surface area (Å²) in [5.41, 5.74) is -5.40. The number of rotatable bonds is 3. The zero-order chi connectivity index (χ0) is 15.8. The molecule has 6 nitrogen and oxygen atoms in total. The van der Waals surface area contributed by atoms with Gasteiger partial charge in [-0.1, -0.05) is 0 Å². The molecule has 1 aromatic heterocycles. The molecule has 0 unspecified atom stereocenters. The van der Waals surface area contributed by atoms with Gasteiger partial charge in [-0.05, 0) is 12.8 Å². The number of hydrogen-bond acceptors (Lipinski definition) is 5. The van der Waals surface area contributed by atoms with Gasteiger partial charge in [0.25, 0.3) is 0 Å². The van der Waals surface area contributed by atoms with Gasteiger partial charge in [-0.25, -0.2) is 18.2 Å². The normalized spacial score (nSPS) is 18.8. The van der Waals surface area contributed by atoms with Crippen molar-refractivity contribution in [2.75, 3.05) is 13.1 Å². The van der Waals surface area contributed by atoms with Crippen LogP contribution in [0.4, 0.5) is 13.2 Å². The molecule has 1 N–H and O–H groups in total. The Morgan fingerprint density at radius 3 is 2.38 bits per heavy atom. The van der Waals surface area contributed by atoms with Crippen LogP contribution in [0.25, 0.3) is 0 Å². The number of halogens is 3. The van der Waals surface area contributed by atoms with E-state index in [0.717, 1.165) is 11.3 Å². The minimum Gasteiger partial charge on any atom is -0.476 e. The molecule has 2 heterocycles. The summed E-state index contributed by atoms with van der Waals surface area (Å²) in [6.07, 6.45) is 0.365. The molecule has 21 heavy (non-hydrogen) atoms. The lowest BCUT2D eigenvalue weighted by molar-refractivity contribution is -0.0494. The van der Waals surface area contributed by atoms with E-state index in [0.29, 0.717) is 9.31 Å². The first-order valence-electron chi connectivity index (χ1n) is 5.88. The van der Waals surface area contributed by atoms with Crippen molar-refractivity contribution in [3.63, 3.8) is 0 Å². The fourth-order valence-corrected chi connectivity index (χ4v) is 4.01. The van der Waals surface area contributed by atoms with E-state index in [-0.39, 0.29) is 37.5 Å². The molecule has 1 aliphatic rings. The number of carboxylic acids is 1. The average molecular weight is 344 g/mol. The van der Waals surface area contributed by atoms with E-state index < -0.39 is 21.5 Å². The highest BCUT2D eigenvalue weighted by atomic mass is 32.2. The highest BCUT2D eigenvalue weighted by Gasteiger charge is 2.50. The molecular formula is C10H11F3N2O4S2. The van der Waals surface area contributed by atoms with Crippen LogP contribution in [0.5, 0.6) is 0 Å². The number of thiazole rings is 1. The number of alkyl halides is 3. The van der Waals surface area contributed by atoms with Crippen molar-refractivity contribution in [2.45, 2.75) is 24.3 Å². The van der Waals surface area contributed by atoms with Crippen LogP contribution in [0.2, 0.25) is 0 Å². The number of hydrogen-bond donors (Lipinski definition) is 1. The van der Waals surface area contributed by atoms with E-state index in [1.54, 1.807) is 0 Å². The number of aromatic carboxylic acids is 1. The Balaban J connectivity index is 2.05. The summed E-state index contributed by atoms with van der Waals surface area (Å²) < 4.78 is 60.2. The quantitative estimate of drug-likeness (QED) is 0.904. The van der Waals surface area contributed by atoms with E-state index in [2.05, 4.69) is 4.98 Å². The number of nitrogens with zero attached hydrogens (tertiary/aromatic N) is 2. The Bertz CT molecular complexity index is 633. The molecule has 1 fully saturated rings. The zero-order valence-corrected chi connectivity index (χ0v) is 12.1. The summed E-state index contributed by atoms with van der Waals surface area (Å²) in [4.78, 5) is 14.6.